The molecule has 1 fully saturated rings. The number of carbonyl (C=O) groups is 1. The Kier molecular flexibility index (Phi) is 5.06. The van der Waals surface area contributed by atoms with Crippen LogP contribution in [0, 0.1) is 6.92 Å². The van der Waals surface area contributed by atoms with Gasteiger partial charge < -0.3 is 14.5 Å². The summed E-state index contributed by atoms with van der Waals surface area (Å²) >= 11 is 0. The monoisotopic (exact) mass is 465 g/mol. The number of H-pyrrole nitrogens is 1. The highest BCUT2D eigenvalue weighted by atomic mass is 16.2. The number of nitrogens with one attached hydrogen (secondary N) is 1. The number of aromatic amines is 1. The molecule has 6 rings (SSSR count). The molecule has 1 N–H and O–H groups in total. The minimum absolute atomic E-state index is 0.0168. The van der Waals surface area contributed by atoms with Gasteiger partial charge in [0.2, 0.25) is 0 Å². The summed E-state index contributed by atoms with van der Waals surface area (Å²) in [7, 11) is 1.98. The molecule has 7 heteroatoms. The molecule has 2 aromatic carbocycles. The number of likely N-dealkylation sites (tertiary alicyclic amines) is 1. The molecule has 35 heavy (non-hydrogen) atoms. The maximum absolute atomic E-state index is 13.8. The number of carbonyl (C=O) groups excluding carboxylic acids is 1. The predicted octanol–water partition coefficient (Wildman–Crippen LogP) is 4.67. The van der Waals surface area contributed by atoms with Gasteiger partial charge in [-0.15, -0.1) is 0 Å². The second-order valence-electron chi connectivity index (χ2n) is 9.42. The van der Waals surface area contributed by atoms with E-state index in [2.05, 4.69) is 4.98 Å². The molecular weight excluding hydrogens is 438 g/mol. The Bertz CT molecular complexity index is 1630. The Morgan fingerprint density at radius 3 is 2.60 bits per heavy atom. The van der Waals surface area contributed by atoms with Crippen molar-refractivity contribution in [2.45, 2.75) is 25.8 Å². The van der Waals surface area contributed by atoms with Crippen LogP contribution in [0.1, 0.15) is 34.8 Å². The molecule has 0 atom stereocenters. The number of para-hydroxylation sites is 2. The van der Waals surface area contributed by atoms with Crippen molar-refractivity contribution in [1.82, 2.24) is 24.0 Å². The summed E-state index contributed by atoms with van der Waals surface area (Å²) in [4.78, 5) is 36.2. The molecule has 0 aliphatic carbocycles. The topological polar surface area (TPSA) is 75.9 Å². The van der Waals surface area contributed by atoms with Crippen molar-refractivity contribution in [2.24, 2.45) is 7.05 Å². The zero-order valence-electron chi connectivity index (χ0n) is 19.9. The largest absolute Gasteiger partial charge is 0.349 e. The van der Waals surface area contributed by atoms with Crippen LogP contribution in [0.2, 0.25) is 0 Å². The van der Waals surface area contributed by atoms with E-state index in [1.807, 2.05) is 94.9 Å². The van der Waals surface area contributed by atoms with Crippen molar-refractivity contribution in [3.8, 4) is 11.4 Å². The van der Waals surface area contributed by atoms with Crippen LogP contribution in [-0.4, -0.2) is 43.0 Å². The first-order valence-corrected chi connectivity index (χ1v) is 12.0. The van der Waals surface area contributed by atoms with Gasteiger partial charge in [-0.25, -0.2) is 9.78 Å². The van der Waals surface area contributed by atoms with Gasteiger partial charge in [0.25, 0.3) is 5.91 Å². The summed E-state index contributed by atoms with van der Waals surface area (Å²) in [5.74, 6) is 0.0168. The van der Waals surface area contributed by atoms with Crippen molar-refractivity contribution in [1.29, 1.82) is 0 Å². The lowest BCUT2D eigenvalue weighted by Crippen LogP contribution is -2.40. The lowest BCUT2D eigenvalue weighted by Gasteiger charge is -2.33. The molecule has 0 bridgehead atoms. The Morgan fingerprint density at radius 1 is 1.03 bits per heavy atom. The first-order chi connectivity index (χ1) is 17.0. The van der Waals surface area contributed by atoms with Gasteiger partial charge in [0.15, 0.2) is 0 Å². The predicted molar refractivity (Wildman–Crippen MR) is 138 cm³/mol. The molecule has 1 aliphatic heterocycles. The number of aromatic nitrogens is 4. The Labute approximate surface area is 202 Å². The number of hydrogen-bond acceptors (Lipinski definition) is 3. The number of fused-ring (bicyclic) bond motifs is 2. The first kappa shape index (κ1) is 21.4. The summed E-state index contributed by atoms with van der Waals surface area (Å²) in [5.41, 5.74) is 6.04. The van der Waals surface area contributed by atoms with Gasteiger partial charge in [0.1, 0.15) is 0 Å². The van der Waals surface area contributed by atoms with Crippen LogP contribution in [0.5, 0.6) is 0 Å². The third-order valence-electron chi connectivity index (χ3n) is 7.14. The van der Waals surface area contributed by atoms with Crippen molar-refractivity contribution in [3.63, 3.8) is 0 Å². The van der Waals surface area contributed by atoms with E-state index in [4.69, 9.17) is 4.98 Å². The smallest absolute Gasteiger partial charge is 0.326 e. The van der Waals surface area contributed by atoms with Crippen LogP contribution in [0.25, 0.3) is 33.3 Å². The van der Waals surface area contributed by atoms with Gasteiger partial charge in [-0.1, -0.05) is 23.8 Å². The highest BCUT2D eigenvalue weighted by Crippen LogP contribution is 2.30. The zero-order chi connectivity index (χ0) is 24.1. The number of amides is 1. The maximum Gasteiger partial charge on any atom is 0.326 e. The van der Waals surface area contributed by atoms with E-state index in [-0.39, 0.29) is 17.6 Å². The summed E-state index contributed by atoms with van der Waals surface area (Å²) < 4.78 is 3.87. The standard InChI is InChI=1S/C28H27N5O2/c1-18-9-10-22-20(16-18)21(17-24(29-22)25-8-5-13-31(25)2)27(34)32-14-11-19(12-15-32)33-26-7-4-3-6-23(26)30-28(33)35/h3-10,13,16-17,19H,11-12,14-15H2,1-2H3,(H,30,35). The van der Waals surface area contributed by atoms with Crippen LogP contribution >= 0.6 is 0 Å². The van der Waals surface area contributed by atoms with Crippen LogP contribution in [0.4, 0.5) is 0 Å². The molecular formula is C28H27N5O2. The third kappa shape index (κ3) is 3.64. The first-order valence-electron chi connectivity index (χ1n) is 12.0. The summed E-state index contributed by atoms with van der Waals surface area (Å²) in [6, 6.07) is 19.8. The number of imidazole rings is 1. The third-order valence-corrected chi connectivity index (χ3v) is 7.14. The maximum atomic E-state index is 13.8. The van der Waals surface area contributed by atoms with Crippen LogP contribution in [0.15, 0.2) is 71.7 Å². The van der Waals surface area contributed by atoms with E-state index >= 15 is 0 Å². The molecule has 1 amide bonds. The number of aryl methyl sites for hydroxylation is 2. The highest BCUT2D eigenvalue weighted by molar-refractivity contribution is 6.07. The molecule has 1 saturated heterocycles. The Morgan fingerprint density at radius 2 is 1.83 bits per heavy atom. The average Bonchev–Trinajstić information content (AvgIpc) is 3.45. The lowest BCUT2D eigenvalue weighted by atomic mass is 10.00. The van der Waals surface area contributed by atoms with Crippen LogP contribution in [0.3, 0.4) is 0 Å². The van der Waals surface area contributed by atoms with Gasteiger partial charge in [0.05, 0.1) is 33.5 Å². The Hall–Kier alpha value is -4.13. The Balaban J connectivity index is 1.33. The fraction of sp³-hybridized carbons (Fsp3) is 0.250. The summed E-state index contributed by atoms with van der Waals surface area (Å²) in [6.07, 6.45) is 3.45. The quantitative estimate of drug-likeness (QED) is 0.421. The molecule has 7 nitrogen and oxygen atoms in total. The summed E-state index contributed by atoms with van der Waals surface area (Å²) in [5, 5.41) is 0.878. The van der Waals surface area contributed by atoms with E-state index < -0.39 is 0 Å². The number of piperidine rings is 1. The van der Waals surface area contributed by atoms with Gasteiger partial charge in [-0.3, -0.25) is 9.36 Å². The van der Waals surface area contributed by atoms with Gasteiger partial charge in [-0.05, 0) is 62.2 Å². The van der Waals surface area contributed by atoms with Crippen molar-refractivity contribution >= 4 is 27.8 Å². The second-order valence-corrected chi connectivity index (χ2v) is 9.42. The molecule has 0 spiro atoms. The number of benzene rings is 2. The molecule has 5 aromatic rings. The van der Waals surface area contributed by atoms with E-state index in [1.165, 1.54) is 0 Å². The number of pyridine rings is 1. The minimum atomic E-state index is -0.0845. The van der Waals surface area contributed by atoms with Crippen molar-refractivity contribution in [2.75, 3.05) is 13.1 Å². The SMILES string of the molecule is Cc1ccc2nc(-c3cccn3C)cc(C(=O)N3CCC(n4c(=O)[nH]c5ccccc54)CC3)c2c1. The summed E-state index contributed by atoms with van der Waals surface area (Å²) in [6.45, 7) is 3.23. The fourth-order valence-corrected chi connectivity index (χ4v) is 5.31. The van der Waals surface area contributed by atoms with E-state index in [0.717, 1.165) is 51.7 Å². The van der Waals surface area contributed by atoms with Crippen molar-refractivity contribution < 1.29 is 4.79 Å². The molecule has 0 radical (unpaired) electrons. The second kappa shape index (κ2) is 8.27. The zero-order valence-corrected chi connectivity index (χ0v) is 19.9. The normalized spacial score (nSPS) is 14.7. The minimum Gasteiger partial charge on any atom is -0.349 e. The molecule has 0 unspecified atom stereocenters. The van der Waals surface area contributed by atoms with Gasteiger partial charge in [0, 0.05) is 37.8 Å². The molecule has 176 valence electrons. The lowest BCUT2D eigenvalue weighted by molar-refractivity contribution is 0.0697. The van der Waals surface area contributed by atoms with Gasteiger partial charge >= 0.3 is 5.69 Å². The molecule has 0 saturated carbocycles. The number of nitrogens with zero attached hydrogens (tertiary/aromatic N) is 4. The average molecular weight is 466 g/mol. The molecule has 4 heterocycles. The van der Waals surface area contributed by atoms with Crippen LogP contribution in [-0.2, 0) is 7.05 Å². The number of hydrogen-bond donors (Lipinski definition) is 1. The van der Waals surface area contributed by atoms with Crippen LogP contribution < -0.4 is 5.69 Å². The molecule has 3 aromatic heterocycles. The van der Waals surface area contributed by atoms with E-state index in [0.29, 0.717) is 18.7 Å². The van der Waals surface area contributed by atoms with Crippen molar-refractivity contribution in [3.05, 3.63) is 88.5 Å². The number of rotatable bonds is 3. The molecule has 1 aliphatic rings. The fourth-order valence-electron chi connectivity index (χ4n) is 5.31. The van der Waals surface area contributed by atoms with E-state index in [1.54, 1.807) is 0 Å². The van der Waals surface area contributed by atoms with E-state index in [9.17, 15) is 9.59 Å². The van der Waals surface area contributed by atoms with Gasteiger partial charge in [-0.2, -0.15) is 0 Å². The highest BCUT2D eigenvalue weighted by Gasteiger charge is 2.28.